The molecule has 6 heteroatoms. The van der Waals surface area contributed by atoms with Crippen molar-refractivity contribution in [1.29, 1.82) is 0 Å². The summed E-state index contributed by atoms with van der Waals surface area (Å²) in [5.74, 6) is 2.45. The molecule has 1 aliphatic carbocycles. The van der Waals surface area contributed by atoms with Gasteiger partial charge in [0, 0.05) is 16.8 Å². The number of thioether (sulfide) groups is 1. The number of benzene rings is 1. The fraction of sp³-hybridized carbons (Fsp3) is 0.250. The van der Waals surface area contributed by atoms with Crippen molar-refractivity contribution >= 4 is 23.4 Å². The van der Waals surface area contributed by atoms with Crippen LogP contribution < -0.4 is 0 Å². The van der Waals surface area contributed by atoms with Crippen LogP contribution in [0.5, 0.6) is 0 Å². The van der Waals surface area contributed by atoms with Crippen LogP contribution in [0.25, 0.3) is 11.6 Å². The standard InChI is InChI=1S/C16H14ClN3OS/c17-12-5-3-11(4-6-12)10-22-16-19-18-15(14-2-1-9-21-14)20(16)13-7-8-13/h1-6,9,13H,7-8,10H2. The maximum absolute atomic E-state index is 5.92. The van der Waals surface area contributed by atoms with Crippen molar-refractivity contribution in [2.75, 3.05) is 0 Å². The van der Waals surface area contributed by atoms with Gasteiger partial charge in [-0.15, -0.1) is 10.2 Å². The Kier molecular flexibility index (Phi) is 3.68. The van der Waals surface area contributed by atoms with Gasteiger partial charge in [0.25, 0.3) is 0 Å². The number of hydrogen-bond acceptors (Lipinski definition) is 4. The number of aromatic nitrogens is 3. The molecule has 112 valence electrons. The Labute approximate surface area is 137 Å². The Bertz CT molecular complexity index is 763. The van der Waals surface area contributed by atoms with Gasteiger partial charge in [-0.25, -0.2) is 0 Å². The number of hydrogen-bond donors (Lipinski definition) is 0. The molecule has 0 atom stereocenters. The lowest BCUT2D eigenvalue weighted by molar-refractivity contribution is 0.565. The maximum Gasteiger partial charge on any atom is 0.200 e. The van der Waals surface area contributed by atoms with Crippen LogP contribution in [0.3, 0.4) is 0 Å². The zero-order chi connectivity index (χ0) is 14.9. The first-order valence-corrected chi connectivity index (χ1v) is 8.53. The molecule has 22 heavy (non-hydrogen) atoms. The summed E-state index contributed by atoms with van der Waals surface area (Å²) >= 11 is 7.62. The molecule has 1 fully saturated rings. The number of furan rings is 1. The van der Waals surface area contributed by atoms with Gasteiger partial charge in [0.2, 0.25) is 5.82 Å². The molecule has 0 radical (unpaired) electrons. The van der Waals surface area contributed by atoms with E-state index in [-0.39, 0.29) is 0 Å². The SMILES string of the molecule is Clc1ccc(CSc2nnc(-c3ccco3)n2C2CC2)cc1. The van der Waals surface area contributed by atoms with E-state index in [0.717, 1.165) is 27.5 Å². The van der Waals surface area contributed by atoms with E-state index in [1.165, 1.54) is 18.4 Å². The van der Waals surface area contributed by atoms with Crippen LogP contribution in [0.15, 0.2) is 52.2 Å². The maximum atomic E-state index is 5.92. The van der Waals surface area contributed by atoms with Crippen LogP contribution >= 0.6 is 23.4 Å². The third-order valence-corrected chi connectivity index (χ3v) is 4.87. The van der Waals surface area contributed by atoms with Crippen molar-refractivity contribution in [3.05, 3.63) is 53.2 Å². The molecule has 4 rings (SSSR count). The molecule has 0 bridgehead atoms. The summed E-state index contributed by atoms with van der Waals surface area (Å²) in [7, 11) is 0. The van der Waals surface area contributed by atoms with Gasteiger partial charge in [-0.05, 0) is 42.7 Å². The molecule has 1 aromatic carbocycles. The highest BCUT2D eigenvalue weighted by Gasteiger charge is 2.30. The van der Waals surface area contributed by atoms with Gasteiger partial charge in [-0.2, -0.15) is 0 Å². The van der Waals surface area contributed by atoms with E-state index >= 15 is 0 Å². The third kappa shape index (κ3) is 2.78. The van der Waals surface area contributed by atoms with Crippen LogP contribution in [0, 0.1) is 0 Å². The van der Waals surface area contributed by atoms with Crippen LogP contribution in [0.1, 0.15) is 24.4 Å². The molecule has 1 saturated carbocycles. The predicted molar refractivity (Wildman–Crippen MR) is 87.0 cm³/mol. The van der Waals surface area contributed by atoms with E-state index in [2.05, 4.69) is 14.8 Å². The second-order valence-corrected chi connectivity index (χ2v) is 6.68. The van der Waals surface area contributed by atoms with E-state index in [4.69, 9.17) is 16.0 Å². The molecule has 3 aromatic rings. The highest BCUT2D eigenvalue weighted by atomic mass is 35.5. The van der Waals surface area contributed by atoms with Crippen LogP contribution in [0.4, 0.5) is 0 Å². The summed E-state index contributed by atoms with van der Waals surface area (Å²) in [6, 6.07) is 12.2. The summed E-state index contributed by atoms with van der Waals surface area (Å²) in [6.45, 7) is 0. The van der Waals surface area contributed by atoms with Crippen molar-refractivity contribution in [2.24, 2.45) is 0 Å². The Balaban J connectivity index is 1.58. The number of nitrogens with zero attached hydrogens (tertiary/aromatic N) is 3. The fourth-order valence-electron chi connectivity index (χ4n) is 2.34. The zero-order valence-corrected chi connectivity index (χ0v) is 13.3. The second kappa shape index (κ2) is 5.82. The average Bonchev–Trinajstić information content (AvgIpc) is 3.06. The van der Waals surface area contributed by atoms with E-state index in [0.29, 0.717) is 6.04 Å². The molecular weight excluding hydrogens is 318 g/mol. The van der Waals surface area contributed by atoms with Gasteiger partial charge in [0.05, 0.1) is 6.26 Å². The normalized spacial score (nSPS) is 14.4. The molecule has 2 aromatic heterocycles. The van der Waals surface area contributed by atoms with E-state index < -0.39 is 0 Å². The average molecular weight is 332 g/mol. The predicted octanol–water partition coefficient (Wildman–Crippen LogP) is 4.82. The van der Waals surface area contributed by atoms with Crippen molar-refractivity contribution < 1.29 is 4.42 Å². The van der Waals surface area contributed by atoms with Gasteiger partial charge >= 0.3 is 0 Å². The monoisotopic (exact) mass is 331 g/mol. The highest BCUT2D eigenvalue weighted by Crippen LogP contribution is 2.41. The Morgan fingerprint density at radius 1 is 1.18 bits per heavy atom. The van der Waals surface area contributed by atoms with Crippen molar-refractivity contribution in [2.45, 2.75) is 29.8 Å². The van der Waals surface area contributed by atoms with Gasteiger partial charge in [0.15, 0.2) is 10.9 Å². The van der Waals surface area contributed by atoms with Crippen LogP contribution in [0.2, 0.25) is 5.02 Å². The Morgan fingerprint density at radius 2 is 2.00 bits per heavy atom. The molecule has 0 amide bonds. The number of halogens is 1. The quantitative estimate of drug-likeness (QED) is 0.629. The molecule has 0 N–H and O–H groups in total. The fourth-order valence-corrected chi connectivity index (χ4v) is 3.43. The van der Waals surface area contributed by atoms with Crippen molar-refractivity contribution in [3.8, 4) is 11.6 Å². The molecule has 4 nitrogen and oxygen atoms in total. The zero-order valence-electron chi connectivity index (χ0n) is 11.8. The minimum Gasteiger partial charge on any atom is -0.461 e. The lowest BCUT2D eigenvalue weighted by Gasteiger charge is -2.07. The van der Waals surface area contributed by atoms with Gasteiger partial charge in [-0.3, -0.25) is 4.57 Å². The summed E-state index contributed by atoms with van der Waals surface area (Å²) in [4.78, 5) is 0. The Morgan fingerprint density at radius 3 is 2.68 bits per heavy atom. The topological polar surface area (TPSA) is 43.9 Å². The molecule has 1 aliphatic rings. The minimum absolute atomic E-state index is 0.503. The molecule has 0 spiro atoms. The molecule has 0 saturated heterocycles. The first kappa shape index (κ1) is 13.9. The summed E-state index contributed by atoms with van der Waals surface area (Å²) in [5, 5.41) is 10.4. The molecule has 0 aliphatic heterocycles. The lowest BCUT2D eigenvalue weighted by atomic mass is 10.2. The third-order valence-electron chi connectivity index (χ3n) is 3.60. The number of rotatable bonds is 5. The minimum atomic E-state index is 0.503. The second-order valence-electron chi connectivity index (χ2n) is 5.30. The summed E-state index contributed by atoms with van der Waals surface area (Å²) in [6.07, 6.45) is 4.03. The van der Waals surface area contributed by atoms with Gasteiger partial charge in [0.1, 0.15) is 0 Å². The van der Waals surface area contributed by atoms with E-state index in [1.807, 2.05) is 36.4 Å². The summed E-state index contributed by atoms with van der Waals surface area (Å²) < 4.78 is 7.69. The van der Waals surface area contributed by atoms with Crippen molar-refractivity contribution in [1.82, 2.24) is 14.8 Å². The largest absolute Gasteiger partial charge is 0.461 e. The van der Waals surface area contributed by atoms with Crippen molar-refractivity contribution in [3.63, 3.8) is 0 Å². The van der Waals surface area contributed by atoms with Crippen LogP contribution in [-0.4, -0.2) is 14.8 Å². The van der Waals surface area contributed by atoms with Gasteiger partial charge in [-0.1, -0.05) is 35.5 Å². The van der Waals surface area contributed by atoms with E-state index in [1.54, 1.807) is 18.0 Å². The molecule has 0 unspecified atom stereocenters. The summed E-state index contributed by atoms with van der Waals surface area (Å²) in [5.41, 5.74) is 1.22. The van der Waals surface area contributed by atoms with E-state index in [9.17, 15) is 0 Å². The van der Waals surface area contributed by atoms with Crippen LogP contribution in [-0.2, 0) is 5.75 Å². The highest BCUT2D eigenvalue weighted by molar-refractivity contribution is 7.98. The van der Waals surface area contributed by atoms with Gasteiger partial charge < -0.3 is 4.42 Å². The lowest BCUT2D eigenvalue weighted by Crippen LogP contribution is -1.99. The molecular formula is C16H14ClN3OS. The first-order valence-electron chi connectivity index (χ1n) is 7.17. The first-order chi connectivity index (χ1) is 10.8. The Hall–Kier alpha value is -1.72. The molecule has 2 heterocycles. The smallest absolute Gasteiger partial charge is 0.200 e.